The molecule has 0 aliphatic rings. The van der Waals surface area contributed by atoms with E-state index in [1.54, 1.807) is 7.05 Å². The first-order valence-corrected chi connectivity index (χ1v) is 6.65. The molecule has 0 saturated carbocycles. The molecule has 0 spiro atoms. The number of rotatable bonds is 4. The Kier molecular flexibility index (Phi) is 4.08. The van der Waals surface area contributed by atoms with Crippen molar-refractivity contribution in [2.45, 2.75) is 38.9 Å². The standard InChI is InChI=1S/C13H18F3N5/c1-4-9(17)7-10-8(2)18-20(3)12(10)21-6-5-11(19-21)13(14,15)16/h5-6,9H,4,7,17H2,1-3H3. The van der Waals surface area contributed by atoms with E-state index < -0.39 is 11.9 Å². The first kappa shape index (κ1) is 15.6. The highest BCUT2D eigenvalue weighted by molar-refractivity contribution is 5.38. The number of hydrogen-bond acceptors (Lipinski definition) is 3. The highest BCUT2D eigenvalue weighted by atomic mass is 19.4. The van der Waals surface area contributed by atoms with Crippen molar-refractivity contribution >= 4 is 0 Å². The van der Waals surface area contributed by atoms with Crippen LogP contribution in [0, 0.1) is 6.92 Å². The fourth-order valence-electron chi connectivity index (χ4n) is 2.21. The lowest BCUT2D eigenvalue weighted by Crippen LogP contribution is -2.22. The lowest BCUT2D eigenvalue weighted by molar-refractivity contribution is -0.141. The molecule has 2 N–H and O–H groups in total. The maximum atomic E-state index is 12.7. The molecule has 0 aromatic carbocycles. The van der Waals surface area contributed by atoms with Crippen LogP contribution < -0.4 is 5.73 Å². The normalized spacial score (nSPS) is 13.7. The fraction of sp³-hybridized carbons (Fsp3) is 0.538. The molecule has 0 saturated heterocycles. The zero-order valence-electron chi connectivity index (χ0n) is 12.1. The monoisotopic (exact) mass is 301 g/mol. The highest BCUT2D eigenvalue weighted by Gasteiger charge is 2.34. The van der Waals surface area contributed by atoms with Crippen molar-refractivity contribution in [2.24, 2.45) is 12.8 Å². The summed E-state index contributed by atoms with van der Waals surface area (Å²) in [5.74, 6) is 0.520. The lowest BCUT2D eigenvalue weighted by atomic mass is 10.0. The smallest absolute Gasteiger partial charge is 0.327 e. The van der Waals surface area contributed by atoms with Gasteiger partial charge >= 0.3 is 6.18 Å². The van der Waals surface area contributed by atoms with Crippen molar-refractivity contribution in [2.75, 3.05) is 0 Å². The Morgan fingerprint density at radius 2 is 2.00 bits per heavy atom. The van der Waals surface area contributed by atoms with E-state index in [1.807, 2.05) is 13.8 Å². The maximum Gasteiger partial charge on any atom is 0.435 e. The molecule has 21 heavy (non-hydrogen) atoms. The van der Waals surface area contributed by atoms with Gasteiger partial charge < -0.3 is 5.73 Å². The number of nitrogens with zero attached hydrogens (tertiary/aromatic N) is 4. The van der Waals surface area contributed by atoms with Crippen molar-refractivity contribution in [1.82, 2.24) is 19.6 Å². The summed E-state index contributed by atoms with van der Waals surface area (Å²) in [7, 11) is 1.68. The lowest BCUT2D eigenvalue weighted by Gasteiger charge is -2.11. The molecule has 0 radical (unpaired) electrons. The molecule has 116 valence electrons. The fourth-order valence-corrected chi connectivity index (χ4v) is 2.21. The topological polar surface area (TPSA) is 61.7 Å². The summed E-state index contributed by atoms with van der Waals surface area (Å²) >= 11 is 0. The van der Waals surface area contributed by atoms with E-state index in [0.29, 0.717) is 12.2 Å². The molecule has 0 amide bonds. The van der Waals surface area contributed by atoms with Gasteiger partial charge in [0.15, 0.2) is 11.5 Å². The van der Waals surface area contributed by atoms with Gasteiger partial charge in [0.05, 0.1) is 5.69 Å². The minimum absolute atomic E-state index is 0.0655. The third-order valence-corrected chi connectivity index (χ3v) is 3.40. The van der Waals surface area contributed by atoms with Gasteiger partial charge in [-0.3, -0.25) is 4.68 Å². The quantitative estimate of drug-likeness (QED) is 0.942. The van der Waals surface area contributed by atoms with Crippen molar-refractivity contribution in [1.29, 1.82) is 0 Å². The molecule has 2 rings (SSSR count). The Hall–Kier alpha value is -1.83. The molecule has 2 aromatic rings. The van der Waals surface area contributed by atoms with Gasteiger partial charge in [-0.2, -0.15) is 23.4 Å². The summed E-state index contributed by atoms with van der Waals surface area (Å²) in [5, 5.41) is 7.87. The predicted molar refractivity (Wildman–Crippen MR) is 72.0 cm³/mol. The molecule has 0 aliphatic heterocycles. The number of aryl methyl sites for hydroxylation is 2. The second kappa shape index (κ2) is 5.51. The summed E-state index contributed by atoms with van der Waals surface area (Å²) in [4.78, 5) is 0. The molecule has 2 aromatic heterocycles. The van der Waals surface area contributed by atoms with Gasteiger partial charge in [-0.1, -0.05) is 6.92 Å². The van der Waals surface area contributed by atoms with Gasteiger partial charge in [0.2, 0.25) is 0 Å². The van der Waals surface area contributed by atoms with Crippen molar-refractivity contribution in [3.8, 4) is 5.82 Å². The molecule has 1 unspecified atom stereocenters. The van der Waals surface area contributed by atoms with Crippen LogP contribution in [-0.4, -0.2) is 25.6 Å². The molecule has 0 fully saturated rings. The van der Waals surface area contributed by atoms with Gasteiger partial charge in [0, 0.05) is 24.8 Å². The van der Waals surface area contributed by atoms with Crippen LogP contribution in [0.25, 0.3) is 5.82 Å². The van der Waals surface area contributed by atoms with E-state index >= 15 is 0 Å². The average molecular weight is 301 g/mol. The predicted octanol–water partition coefficient (Wildman–Crippen LogP) is 2.21. The van der Waals surface area contributed by atoms with Crippen molar-refractivity contribution in [3.05, 3.63) is 29.2 Å². The van der Waals surface area contributed by atoms with Crippen LogP contribution >= 0.6 is 0 Å². The van der Waals surface area contributed by atoms with Crippen LogP contribution in [0.2, 0.25) is 0 Å². The zero-order valence-corrected chi connectivity index (χ0v) is 12.1. The second-order valence-corrected chi connectivity index (χ2v) is 5.03. The average Bonchev–Trinajstić information content (AvgIpc) is 2.95. The van der Waals surface area contributed by atoms with E-state index in [4.69, 9.17) is 5.73 Å². The molecule has 5 nitrogen and oxygen atoms in total. The summed E-state index contributed by atoms with van der Waals surface area (Å²) in [6.45, 7) is 3.78. The number of halogens is 3. The van der Waals surface area contributed by atoms with Crippen LogP contribution in [0.15, 0.2) is 12.3 Å². The minimum Gasteiger partial charge on any atom is -0.327 e. The Morgan fingerprint density at radius 3 is 2.52 bits per heavy atom. The van der Waals surface area contributed by atoms with Crippen molar-refractivity contribution in [3.63, 3.8) is 0 Å². The summed E-state index contributed by atoms with van der Waals surface area (Å²) in [6.07, 6.45) is -1.84. The molecule has 0 aliphatic carbocycles. The third-order valence-electron chi connectivity index (χ3n) is 3.40. The van der Waals surface area contributed by atoms with Gasteiger partial charge in [-0.15, -0.1) is 0 Å². The van der Waals surface area contributed by atoms with Crippen LogP contribution in [0.4, 0.5) is 13.2 Å². The molecule has 2 heterocycles. The maximum absolute atomic E-state index is 12.7. The number of alkyl halides is 3. The van der Waals surface area contributed by atoms with E-state index in [1.165, 1.54) is 15.6 Å². The van der Waals surface area contributed by atoms with Crippen LogP contribution in [0.3, 0.4) is 0 Å². The van der Waals surface area contributed by atoms with E-state index in [9.17, 15) is 13.2 Å². The highest BCUT2D eigenvalue weighted by Crippen LogP contribution is 2.28. The van der Waals surface area contributed by atoms with Gasteiger partial charge in [0.1, 0.15) is 0 Å². The summed E-state index contributed by atoms with van der Waals surface area (Å²) in [5.41, 5.74) is 6.61. The Bertz CT molecular complexity index is 626. The molecular weight excluding hydrogens is 283 g/mol. The number of hydrogen-bond donors (Lipinski definition) is 1. The number of aromatic nitrogens is 4. The summed E-state index contributed by atoms with van der Waals surface area (Å²) < 4.78 is 40.7. The van der Waals surface area contributed by atoms with E-state index in [-0.39, 0.29) is 6.04 Å². The van der Waals surface area contributed by atoms with Crippen LogP contribution in [-0.2, 0) is 19.6 Å². The number of nitrogens with two attached hydrogens (primary N) is 1. The molecule has 1 atom stereocenters. The second-order valence-electron chi connectivity index (χ2n) is 5.03. The van der Waals surface area contributed by atoms with E-state index in [0.717, 1.165) is 23.7 Å². The largest absolute Gasteiger partial charge is 0.435 e. The molecule has 8 heteroatoms. The van der Waals surface area contributed by atoms with Gasteiger partial charge in [0.25, 0.3) is 0 Å². The van der Waals surface area contributed by atoms with Gasteiger partial charge in [-0.25, -0.2) is 4.68 Å². The Morgan fingerprint density at radius 1 is 1.33 bits per heavy atom. The third kappa shape index (κ3) is 3.10. The van der Waals surface area contributed by atoms with Crippen LogP contribution in [0.5, 0.6) is 0 Å². The Labute approximate surface area is 120 Å². The molecule has 0 bridgehead atoms. The summed E-state index contributed by atoms with van der Waals surface area (Å²) in [6, 6.07) is 0.885. The van der Waals surface area contributed by atoms with E-state index in [2.05, 4.69) is 10.2 Å². The van der Waals surface area contributed by atoms with Crippen LogP contribution in [0.1, 0.15) is 30.3 Å². The first-order valence-electron chi connectivity index (χ1n) is 6.65. The minimum atomic E-state index is -4.46. The SMILES string of the molecule is CCC(N)Cc1c(C)nn(C)c1-n1ccc(C(F)(F)F)n1. The van der Waals surface area contributed by atoms with Crippen molar-refractivity contribution < 1.29 is 13.2 Å². The zero-order chi connectivity index (χ0) is 15.8. The molecular formula is C13H18F3N5. The Balaban J connectivity index is 2.46. The first-order chi connectivity index (χ1) is 9.74. The van der Waals surface area contributed by atoms with Gasteiger partial charge in [-0.05, 0) is 25.8 Å².